The highest BCUT2D eigenvalue weighted by Gasteiger charge is 2.28. The molecule has 1 aromatic heterocycles. The van der Waals surface area contributed by atoms with Crippen molar-refractivity contribution in [1.82, 2.24) is 5.43 Å². The SMILES string of the molecule is CCOC(=O)c1c(NC(=O)C(=O)NN=Cc2ccccc2C)sc2c1CCCC2. The molecule has 7 nitrogen and oxygen atoms in total. The van der Waals surface area contributed by atoms with Crippen molar-refractivity contribution in [2.24, 2.45) is 5.10 Å². The number of carbonyl (C=O) groups excluding carboxylic acids is 3. The van der Waals surface area contributed by atoms with E-state index >= 15 is 0 Å². The Kier molecular flexibility index (Phi) is 6.77. The number of hydrazone groups is 1. The molecule has 0 unspecified atom stereocenters. The van der Waals surface area contributed by atoms with Gasteiger partial charge in [0.05, 0.1) is 18.4 Å². The minimum atomic E-state index is -0.906. The van der Waals surface area contributed by atoms with Gasteiger partial charge in [-0.1, -0.05) is 24.3 Å². The van der Waals surface area contributed by atoms with Gasteiger partial charge >= 0.3 is 17.8 Å². The summed E-state index contributed by atoms with van der Waals surface area (Å²) in [5.41, 5.74) is 5.35. The van der Waals surface area contributed by atoms with Crippen LogP contribution in [0.4, 0.5) is 5.00 Å². The molecule has 1 aromatic carbocycles. The predicted molar refractivity (Wildman–Crippen MR) is 112 cm³/mol. The van der Waals surface area contributed by atoms with Crippen LogP contribution in [0.15, 0.2) is 29.4 Å². The fourth-order valence-electron chi connectivity index (χ4n) is 3.18. The molecule has 2 amide bonds. The van der Waals surface area contributed by atoms with Crippen LogP contribution in [-0.2, 0) is 27.2 Å². The topological polar surface area (TPSA) is 96.9 Å². The fraction of sp³-hybridized carbons (Fsp3) is 0.333. The molecule has 0 atom stereocenters. The third-order valence-corrected chi connectivity index (χ3v) is 5.85. The zero-order valence-corrected chi connectivity index (χ0v) is 17.2. The molecule has 152 valence electrons. The van der Waals surface area contributed by atoms with Gasteiger partial charge < -0.3 is 10.1 Å². The van der Waals surface area contributed by atoms with E-state index in [2.05, 4.69) is 15.8 Å². The van der Waals surface area contributed by atoms with Crippen LogP contribution in [0.3, 0.4) is 0 Å². The average Bonchev–Trinajstić information content (AvgIpc) is 3.07. The van der Waals surface area contributed by atoms with Crippen molar-refractivity contribution < 1.29 is 19.1 Å². The Hall–Kier alpha value is -3.00. The van der Waals surface area contributed by atoms with Gasteiger partial charge in [-0.05, 0) is 56.2 Å². The highest BCUT2D eigenvalue weighted by molar-refractivity contribution is 7.17. The first-order valence-electron chi connectivity index (χ1n) is 9.53. The van der Waals surface area contributed by atoms with Crippen molar-refractivity contribution in [2.45, 2.75) is 39.5 Å². The number of fused-ring (bicyclic) bond motifs is 1. The Balaban J connectivity index is 1.71. The lowest BCUT2D eigenvalue weighted by Crippen LogP contribution is -2.32. The molecule has 0 aliphatic heterocycles. The largest absolute Gasteiger partial charge is 0.462 e. The summed E-state index contributed by atoms with van der Waals surface area (Å²) in [5, 5.41) is 6.76. The molecule has 0 saturated heterocycles. The number of nitrogens with one attached hydrogen (secondary N) is 2. The lowest BCUT2D eigenvalue weighted by atomic mass is 9.95. The van der Waals surface area contributed by atoms with E-state index in [1.807, 2.05) is 31.2 Å². The van der Waals surface area contributed by atoms with E-state index in [1.165, 1.54) is 17.6 Å². The van der Waals surface area contributed by atoms with Crippen molar-refractivity contribution in [2.75, 3.05) is 11.9 Å². The molecule has 1 aliphatic rings. The number of hydrogen-bond acceptors (Lipinski definition) is 6. The van der Waals surface area contributed by atoms with Gasteiger partial charge in [-0.25, -0.2) is 10.2 Å². The third-order valence-electron chi connectivity index (χ3n) is 4.64. The maximum atomic E-state index is 12.4. The van der Waals surface area contributed by atoms with Crippen molar-refractivity contribution >= 4 is 40.3 Å². The summed E-state index contributed by atoms with van der Waals surface area (Å²) >= 11 is 1.33. The number of esters is 1. The van der Waals surface area contributed by atoms with Crippen LogP contribution in [0, 0.1) is 6.92 Å². The Bertz CT molecular complexity index is 965. The molecule has 3 rings (SSSR count). The molecule has 29 heavy (non-hydrogen) atoms. The normalized spacial score (nSPS) is 13.0. The molecule has 0 spiro atoms. The van der Waals surface area contributed by atoms with Gasteiger partial charge in [0.1, 0.15) is 5.00 Å². The Morgan fingerprint density at radius 1 is 1.17 bits per heavy atom. The number of anilines is 1. The number of thiophene rings is 1. The molecular formula is C21H23N3O4S. The van der Waals surface area contributed by atoms with Crippen molar-refractivity contribution in [3.8, 4) is 0 Å². The van der Waals surface area contributed by atoms with Crippen LogP contribution >= 0.6 is 11.3 Å². The monoisotopic (exact) mass is 413 g/mol. The number of aryl methyl sites for hydroxylation is 2. The van der Waals surface area contributed by atoms with E-state index < -0.39 is 17.8 Å². The van der Waals surface area contributed by atoms with Crippen molar-refractivity contribution in [3.05, 3.63) is 51.4 Å². The van der Waals surface area contributed by atoms with Gasteiger partial charge in [0, 0.05) is 4.88 Å². The number of rotatable bonds is 5. The first-order chi connectivity index (χ1) is 14.0. The van der Waals surface area contributed by atoms with Gasteiger partial charge in [-0.3, -0.25) is 9.59 Å². The van der Waals surface area contributed by atoms with Crippen LogP contribution in [0.25, 0.3) is 0 Å². The minimum Gasteiger partial charge on any atom is -0.462 e. The maximum Gasteiger partial charge on any atom is 0.341 e. The van der Waals surface area contributed by atoms with Crippen LogP contribution in [0.5, 0.6) is 0 Å². The van der Waals surface area contributed by atoms with Crippen LogP contribution in [0.2, 0.25) is 0 Å². The second kappa shape index (κ2) is 9.47. The van der Waals surface area contributed by atoms with Crippen LogP contribution < -0.4 is 10.7 Å². The molecule has 0 radical (unpaired) electrons. The number of ether oxygens (including phenoxy) is 1. The second-order valence-corrected chi connectivity index (χ2v) is 7.75. The number of benzene rings is 1. The highest BCUT2D eigenvalue weighted by atomic mass is 32.1. The number of amides is 2. The summed E-state index contributed by atoms with van der Waals surface area (Å²) in [6.45, 7) is 3.89. The van der Waals surface area contributed by atoms with Gasteiger partial charge in [0.2, 0.25) is 0 Å². The van der Waals surface area contributed by atoms with Gasteiger partial charge in [-0.15, -0.1) is 11.3 Å². The van der Waals surface area contributed by atoms with Gasteiger partial charge in [0.25, 0.3) is 0 Å². The van der Waals surface area contributed by atoms with Gasteiger partial charge in [-0.2, -0.15) is 5.10 Å². The highest BCUT2D eigenvalue weighted by Crippen LogP contribution is 2.38. The zero-order valence-electron chi connectivity index (χ0n) is 16.4. The van der Waals surface area contributed by atoms with Crippen molar-refractivity contribution in [1.29, 1.82) is 0 Å². The average molecular weight is 413 g/mol. The number of carbonyl (C=O) groups is 3. The first-order valence-corrected chi connectivity index (χ1v) is 10.3. The zero-order chi connectivity index (χ0) is 20.8. The van der Waals surface area contributed by atoms with E-state index in [1.54, 1.807) is 6.92 Å². The molecule has 0 saturated carbocycles. The van der Waals surface area contributed by atoms with E-state index in [0.717, 1.165) is 47.3 Å². The number of nitrogens with zero attached hydrogens (tertiary/aromatic N) is 1. The maximum absolute atomic E-state index is 12.4. The molecule has 1 heterocycles. The molecule has 2 N–H and O–H groups in total. The van der Waals surface area contributed by atoms with E-state index in [-0.39, 0.29) is 6.61 Å². The minimum absolute atomic E-state index is 0.241. The Labute approximate surface area is 173 Å². The molecule has 2 aromatic rings. The van der Waals surface area contributed by atoms with Crippen LogP contribution in [-0.4, -0.2) is 30.6 Å². The quantitative estimate of drug-likeness (QED) is 0.340. The second-order valence-electron chi connectivity index (χ2n) is 6.65. The smallest absolute Gasteiger partial charge is 0.341 e. The first kappa shape index (κ1) is 20.7. The molecule has 1 aliphatic carbocycles. The standard InChI is InChI=1S/C21H23N3O4S/c1-3-28-21(27)17-15-10-6-7-11-16(15)29-20(17)23-18(25)19(26)24-22-12-14-9-5-4-8-13(14)2/h4-5,8-9,12H,3,6-7,10-11H2,1-2H3,(H,23,25)(H,24,26). The third kappa shape index (κ3) is 4.89. The molecule has 0 bridgehead atoms. The summed E-state index contributed by atoms with van der Waals surface area (Å²) in [5.74, 6) is -2.26. The summed E-state index contributed by atoms with van der Waals surface area (Å²) in [7, 11) is 0. The molecular weight excluding hydrogens is 390 g/mol. The summed E-state index contributed by atoms with van der Waals surface area (Å²) in [6, 6.07) is 7.54. The summed E-state index contributed by atoms with van der Waals surface area (Å²) in [6.07, 6.45) is 5.13. The van der Waals surface area contributed by atoms with E-state index in [0.29, 0.717) is 10.6 Å². The number of hydrogen-bond donors (Lipinski definition) is 2. The Morgan fingerprint density at radius 3 is 2.69 bits per heavy atom. The molecule has 0 fully saturated rings. The van der Waals surface area contributed by atoms with Crippen LogP contribution in [0.1, 0.15) is 51.7 Å². The predicted octanol–water partition coefficient (Wildman–Crippen LogP) is 3.20. The molecule has 8 heteroatoms. The lowest BCUT2D eigenvalue weighted by Gasteiger charge is -2.12. The lowest BCUT2D eigenvalue weighted by molar-refractivity contribution is -0.136. The van der Waals surface area contributed by atoms with E-state index in [4.69, 9.17) is 4.74 Å². The van der Waals surface area contributed by atoms with E-state index in [9.17, 15) is 14.4 Å². The Morgan fingerprint density at radius 2 is 1.93 bits per heavy atom. The van der Waals surface area contributed by atoms with Gasteiger partial charge in [0.15, 0.2) is 0 Å². The fourth-order valence-corrected chi connectivity index (χ4v) is 4.45. The summed E-state index contributed by atoms with van der Waals surface area (Å²) in [4.78, 5) is 37.9. The summed E-state index contributed by atoms with van der Waals surface area (Å²) < 4.78 is 5.15. The van der Waals surface area contributed by atoms with Crippen molar-refractivity contribution in [3.63, 3.8) is 0 Å².